The fourth-order valence-corrected chi connectivity index (χ4v) is 3.32. The number of thiophene rings is 1. The summed E-state index contributed by atoms with van der Waals surface area (Å²) in [6, 6.07) is 11.0. The Bertz CT molecular complexity index is 613. The highest BCUT2D eigenvalue weighted by molar-refractivity contribution is 9.11. The lowest BCUT2D eigenvalue weighted by Gasteiger charge is -2.10. The molecule has 1 unspecified atom stereocenters. The number of halogens is 1. The van der Waals surface area contributed by atoms with Crippen molar-refractivity contribution >= 4 is 39.0 Å². The Kier molecular flexibility index (Phi) is 5.78. The number of nitrogens with one attached hydrogen (secondary N) is 2. The third-order valence-corrected chi connectivity index (χ3v) is 4.60. The van der Waals surface area contributed by atoms with E-state index >= 15 is 0 Å². The van der Waals surface area contributed by atoms with E-state index < -0.39 is 6.10 Å². The van der Waals surface area contributed by atoms with Crippen molar-refractivity contribution in [3.8, 4) is 0 Å². The Morgan fingerprint density at radius 2 is 2.19 bits per heavy atom. The highest BCUT2D eigenvalue weighted by Crippen LogP contribution is 2.22. The molecule has 112 valence electrons. The average Bonchev–Trinajstić information content (AvgIpc) is 2.84. The SMILES string of the molecule is CC(O)c1cccc(NC(=O)NCCc2ccc(Br)s2)c1. The van der Waals surface area contributed by atoms with Crippen molar-refractivity contribution in [3.05, 3.63) is 50.6 Å². The molecule has 2 aromatic rings. The lowest BCUT2D eigenvalue weighted by molar-refractivity contribution is 0.199. The van der Waals surface area contributed by atoms with Gasteiger partial charge in [0.25, 0.3) is 0 Å². The van der Waals surface area contributed by atoms with Gasteiger partial charge in [-0.2, -0.15) is 0 Å². The molecule has 6 heteroatoms. The van der Waals surface area contributed by atoms with Crippen molar-refractivity contribution in [1.29, 1.82) is 0 Å². The first-order valence-corrected chi connectivity index (χ1v) is 8.22. The Morgan fingerprint density at radius 1 is 1.38 bits per heavy atom. The summed E-state index contributed by atoms with van der Waals surface area (Å²) in [5.41, 5.74) is 1.45. The first-order chi connectivity index (χ1) is 10.0. The molecule has 0 fully saturated rings. The molecule has 4 nitrogen and oxygen atoms in total. The maximum Gasteiger partial charge on any atom is 0.319 e. The summed E-state index contributed by atoms with van der Waals surface area (Å²) in [4.78, 5) is 13.0. The van der Waals surface area contributed by atoms with Crippen molar-refractivity contribution in [2.45, 2.75) is 19.4 Å². The number of urea groups is 1. The predicted molar refractivity (Wildman–Crippen MR) is 89.8 cm³/mol. The van der Waals surface area contributed by atoms with E-state index in [2.05, 4.69) is 26.6 Å². The highest BCUT2D eigenvalue weighted by atomic mass is 79.9. The van der Waals surface area contributed by atoms with Gasteiger partial charge in [-0.3, -0.25) is 0 Å². The molecule has 0 saturated heterocycles. The molecular weight excluding hydrogens is 352 g/mol. The summed E-state index contributed by atoms with van der Waals surface area (Å²) in [7, 11) is 0. The third kappa shape index (κ3) is 5.15. The topological polar surface area (TPSA) is 61.4 Å². The molecule has 0 spiro atoms. The molecule has 2 amide bonds. The minimum Gasteiger partial charge on any atom is -0.389 e. The van der Waals surface area contributed by atoms with Gasteiger partial charge in [0.05, 0.1) is 9.89 Å². The molecule has 0 saturated carbocycles. The first-order valence-electron chi connectivity index (χ1n) is 6.61. The minimum atomic E-state index is -0.549. The Balaban J connectivity index is 1.80. The minimum absolute atomic E-state index is 0.242. The van der Waals surface area contributed by atoms with E-state index in [0.717, 1.165) is 15.8 Å². The second-order valence-electron chi connectivity index (χ2n) is 4.64. The summed E-state index contributed by atoms with van der Waals surface area (Å²) in [5, 5.41) is 15.1. The molecule has 0 aliphatic heterocycles. The number of benzene rings is 1. The molecule has 0 aliphatic carbocycles. The molecule has 21 heavy (non-hydrogen) atoms. The lowest BCUT2D eigenvalue weighted by Crippen LogP contribution is -2.30. The first kappa shape index (κ1) is 16.0. The second kappa shape index (κ2) is 7.59. The summed E-state index contributed by atoms with van der Waals surface area (Å²) in [6.45, 7) is 2.27. The quantitative estimate of drug-likeness (QED) is 0.748. The van der Waals surface area contributed by atoms with Crippen LogP contribution in [-0.2, 0) is 6.42 Å². The Hall–Kier alpha value is -1.37. The molecule has 3 N–H and O–H groups in total. The normalized spacial score (nSPS) is 12.0. The smallest absolute Gasteiger partial charge is 0.319 e. The molecule has 0 aliphatic rings. The van der Waals surface area contributed by atoms with Gasteiger partial charge in [-0.25, -0.2) is 4.79 Å². The van der Waals surface area contributed by atoms with Crippen molar-refractivity contribution in [1.82, 2.24) is 5.32 Å². The number of hydrogen-bond acceptors (Lipinski definition) is 3. The van der Waals surface area contributed by atoms with Gasteiger partial charge in [0.2, 0.25) is 0 Å². The Labute approximate surface area is 136 Å². The number of hydrogen-bond donors (Lipinski definition) is 3. The maximum atomic E-state index is 11.8. The van der Waals surface area contributed by atoms with E-state index in [4.69, 9.17) is 0 Å². The van der Waals surface area contributed by atoms with Crippen LogP contribution in [0.2, 0.25) is 0 Å². The van der Waals surface area contributed by atoms with E-state index in [1.807, 2.05) is 18.2 Å². The van der Waals surface area contributed by atoms with Crippen LogP contribution in [0, 0.1) is 0 Å². The average molecular weight is 369 g/mol. The van der Waals surface area contributed by atoms with E-state index in [1.54, 1.807) is 36.5 Å². The monoisotopic (exact) mass is 368 g/mol. The van der Waals surface area contributed by atoms with Crippen LogP contribution in [0.1, 0.15) is 23.5 Å². The van der Waals surface area contributed by atoms with Crippen LogP contribution in [-0.4, -0.2) is 17.7 Å². The van der Waals surface area contributed by atoms with E-state index in [1.165, 1.54) is 4.88 Å². The van der Waals surface area contributed by atoms with Gasteiger partial charge in [0, 0.05) is 17.1 Å². The number of carbonyl (C=O) groups is 1. The van der Waals surface area contributed by atoms with Gasteiger partial charge in [-0.05, 0) is 59.1 Å². The van der Waals surface area contributed by atoms with Gasteiger partial charge in [0.1, 0.15) is 0 Å². The van der Waals surface area contributed by atoms with Crippen LogP contribution >= 0.6 is 27.3 Å². The van der Waals surface area contributed by atoms with Crippen molar-refractivity contribution in [2.24, 2.45) is 0 Å². The molecule has 1 aromatic heterocycles. The number of anilines is 1. The molecule has 1 heterocycles. The molecule has 1 aromatic carbocycles. The standard InChI is InChI=1S/C15H17BrN2O2S/c1-10(19)11-3-2-4-12(9-11)18-15(20)17-8-7-13-5-6-14(16)21-13/h2-6,9-10,19H,7-8H2,1H3,(H2,17,18,20). The number of aliphatic hydroxyl groups excluding tert-OH is 1. The van der Waals surface area contributed by atoms with Crippen molar-refractivity contribution in [3.63, 3.8) is 0 Å². The zero-order valence-corrected chi connectivity index (χ0v) is 14.0. The number of carbonyl (C=O) groups excluding carboxylic acids is 1. The molecule has 0 bridgehead atoms. The summed E-state index contributed by atoms with van der Waals surface area (Å²) < 4.78 is 1.09. The van der Waals surface area contributed by atoms with Crippen LogP contribution < -0.4 is 10.6 Å². The fraction of sp³-hybridized carbons (Fsp3) is 0.267. The van der Waals surface area contributed by atoms with Crippen LogP contribution in [0.4, 0.5) is 10.5 Å². The maximum absolute atomic E-state index is 11.8. The molecular formula is C15H17BrN2O2S. The highest BCUT2D eigenvalue weighted by Gasteiger charge is 2.05. The zero-order valence-electron chi connectivity index (χ0n) is 11.6. The number of aliphatic hydroxyl groups is 1. The van der Waals surface area contributed by atoms with Gasteiger partial charge in [-0.15, -0.1) is 11.3 Å². The van der Waals surface area contributed by atoms with E-state index in [-0.39, 0.29) is 6.03 Å². The zero-order chi connectivity index (χ0) is 15.2. The molecule has 0 radical (unpaired) electrons. The van der Waals surface area contributed by atoms with Crippen LogP contribution in [0.5, 0.6) is 0 Å². The predicted octanol–water partition coefficient (Wildman–Crippen LogP) is 3.93. The number of rotatable bonds is 5. The second-order valence-corrected chi connectivity index (χ2v) is 7.19. The molecule has 2 rings (SSSR count). The number of amides is 2. The summed E-state index contributed by atoms with van der Waals surface area (Å²) >= 11 is 5.08. The third-order valence-electron chi connectivity index (χ3n) is 2.91. The van der Waals surface area contributed by atoms with Crippen LogP contribution in [0.25, 0.3) is 0 Å². The largest absolute Gasteiger partial charge is 0.389 e. The summed E-state index contributed by atoms with van der Waals surface area (Å²) in [6.07, 6.45) is 0.254. The van der Waals surface area contributed by atoms with Crippen molar-refractivity contribution in [2.75, 3.05) is 11.9 Å². The Morgan fingerprint density at radius 3 is 2.86 bits per heavy atom. The molecule has 1 atom stereocenters. The summed E-state index contributed by atoms with van der Waals surface area (Å²) in [5.74, 6) is 0. The van der Waals surface area contributed by atoms with Crippen LogP contribution in [0.3, 0.4) is 0 Å². The van der Waals surface area contributed by atoms with Crippen molar-refractivity contribution < 1.29 is 9.90 Å². The van der Waals surface area contributed by atoms with Gasteiger partial charge >= 0.3 is 6.03 Å². The fourth-order valence-electron chi connectivity index (χ4n) is 1.84. The van der Waals surface area contributed by atoms with E-state index in [9.17, 15) is 9.90 Å². The van der Waals surface area contributed by atoms with Gasteiger partial charge < -0.3 is 15.7 Å². The lowest BCUT2D eigenvalue weighted by atomic mass is 10.1. The van der Waals surface area contributed by atoms with Crippen LogP contribution in [0.15, 0.2) is 40.2 Å². The van der Waals surface area contributed by atoms with Gasteiger partial charge in [-0.1, -0.05) is 12.1 Å². The van der Waals surface area contributed by atoms with Gasteiger partial charge in [0.15, 0.2) is 0 Å². The van der Waals surface area contributed by atoms with E-state index in [0.29, 0.717) is 12.2 Å².